The zero-order chi connectivity index (χ0) is 17.6. The van der Waals surface area contributed by atoms with Crippen LogP contribution in [0, 0.1) is 0 Å². The lowest BCUT2D eigenvalue weighted by Gasteiger charge is -2.38. The predicted octanol–water partition coefficient (Wildman–Crippen LogP) is 3.60. The summed E-state index contributed by atoms with van der Waals surface area (Å²) in [5.74, 6) is 0. The smallest absolute Gasteiger partial charge is 0.282 e. The van der Waals surface area contributed by atoms with Crippen LogP contribution in [-0.2, 0) is 16.6 Å². The van der Waals surface area contributed by atoms with Gasteiger partial charge in [-0.05, 0) is 37.8 Å². The van der Waals surface area contributed by atoms with E-state index < -0.39 is 10.2 Å². The lowest BCUT2D eigenvalue weighted by molar-refractivity contribution is 0.242. The quantitative estimate of drug-likeness (QED) is 0.908. The number of H-pyrrole nitrogens is 1. The molecule has 1 aliphatic carbocycles. The first-order valence-corrected chi connectivity index (χ1v) is 10.7. The van der Waals surface area contributed by atoms with Crippen LogP contribution in [0.5, 0.6) is 0 Å². The van der Waals surface area contributed by atoms with Crippen LogP contribution in [0.25, 0.3) is 10.9 Å². The first-order valence-electron chi connectivity index (χ1n) is 9.34. The van der Waals surface area contributed by atoms with Gasteiger partial charge in [0.15, 0.2) is 0 Å². The minimum Gasteiger partial charge on any atom is -0.357 e. The minimum absolute atomic E-state index is 0.148. The number of nitrogens with one attached hydrogen (secondary N) is 1. The van der Waals surface area contributed by atoms with E-state index in [1.165, 1.54) is 17.4 Å². The monoisotopic (exact) mass is 361 g/mol. The van der Waals surface area contributed by atoms with Gasteiger partial charge in [0.25, 0.3) is 10.2 Å². The molecule has 1 atom stereocenters. The normalized spacial score (nSPS) is 23.2. The maximum absolute atomic E-state index is 13.3. The van der Waals surface area contributed by atoms with Gasteiger partial charge in [0.1, 0.15) is 0 Å². The summed E-state index contributed by atoms with van der Waals surface area (Å²) < 4.78 is 29.8. The van der Waals surface area contributed by atoms with Crippen molar-refractivity contribution in [1.29, 1.82) is 0 Å². The molecule has 1 saturated carbocycles. The molecule has 25 heavy (non-hydrogen) atoms. The molecular weight excluding hydrogens is 334 g/mol. The summed E-state index contributed by atoms with van der Waals surface area (Å²) in [5, 5.41) is 1.22. The van der Waals surface area contributed by atoms with Gasteiger partial charge in [-0.1, -0.05) is 37.5 Å². The standard InChI is InChI=1S/C19H27N3O2S/c1-14-19-17(16-10-6-7-11-18(16)20-19)12-13-22(14)25(23,24)21(2)15-8-4-3-5-9-15/h6-7,10-11,14-15,20H,3-5,8-9,12-13H2,1-2H3. The molecule has 0 saturated heterocycles. The molecular formula is C19H27N3O2S. The number of hydrogen-bond acceptors (Lipinski definition) is 2. The van der Waals surface area contributed by atoms with E-state index in [0.717, 1.165) is 43.3 Å². The van der Waals surface area contributed by atoms with Gasteiger partial charge in [-0.3, -0.25) is 0 Å². The van der Waals surface area contributed by atoms with Crippen LogP contribution in [0.3, 0.4) is 0 Å². The van der Waals surface area contributed by atoms with Crippen molar-refractivity contribution in [2.75, 3.05) is 13.6 Å². The number of benzene rings is 1. The number of aromatic nitrogens is 1. The highest BCUT2D eigenvalue weighted by molar-refractivity contribution is 7.86. The van der Waals surface area contributed by atoms with E-state index in [9.17, 15) is 8.42 Å². The van der Waals surface area contributed by atoms with Gasteiger partial charge in [-0.2, -0.15) is 17.0 Å². The summed E-state index contributed by atoms with van der Waals surface area (Å²) in [7, 11) is -1.68. The van der Waals surface area contributed by atoms with Gasteiger partial charge in [-0.15, -0.1) is 0 Å². The Morgan fingerprint density at radius 2 is 1.88 bits per heavy atom. The lowest BCUT2D eigenvalue weighted by Crippen LogP contribution is -2.49. The summed E-state index contributed by atoms with van der Waals surface area (Å²) in [6.45, 7) is 2.55. The Hall–Kier alpha value is -1.37. The summed E-state index contributed by atoms with van der Waals surface area (Å²) in [6.07, 6.45) is 6.22. The van der Waals surface area contributed by atoms with E-state index in [4.69, 9.17) is 0 Å². The topological polar surface area (TPSA) is 56.4 Å². The molecule has 1 aromatic carbocycles. The molecule has 136 valence electrons. The van der Waals surface area contributed by atoms with Crippen LogP contribution in [0.2, 0.25) is 0 Å². The molecule has 2 aliphatic rings. The van der Waals surface area contributed by atoms with E-state index >= 15 is 0 Å². The SMILES string of the molecule is CC1c2[nH]c3ccccc3c2CCN1S(=O)(=O)N(C)C1CCCCC1. The third-order valence-electron chi connectivity index (χ3n) is 6.03. The van der Waals surface area contributed by atoms with Crippen LogP contribution in [-0.4, -0.2) is 41.6 Å². The highest BCUT2D eigenvalue weighted by Crippen LogP contribution is 2.37. The van der Waals surface area contributed by atoms with E-state index in [-0.39, 0.29) is 12.1 Å². The van der Waals surface area contributed by atoms with Gasteiger partial charge in [0.2, 0.25) is 0 Å². The first kappa shape index (κ1) is 17.1. The molecule has 2 aromatic rings. The van der Waals surface area contributed by atoms with Crippen molar-refractivity contribution in [2.45, 2.75) is 57.5 Å². The summed E-state index contributed by atoms with van der Waals surface area (Å²) in [4.78, 5) is 3.46. The molecule has 1 aromatic heterocycles. The fourth-order valence-corrected chi connectivity index (χ4v) is 6.27. The summed E-state index contributed by atoms with van der Waals surface area (Å²) in [6, 6.07) is 8.23. The second kappa shape index (κ2) is 6.41. The Balaban J connectivity index is 1.65. The Morgan fingerprint density at radius 3 is 2.64 bits per heavy atom. The van der Waals surface area contributed by atoms with E-state index in [1.54, 1.807) is 15.7 Å². The van der Waals surface area contributed by atoms with E-state index in [2.05, 4.69) is 17.1 Å². The Kier molecular flexibility index (Phi) is 4.38. The second-order valence-corrected chi connectivity index (χ2v) is 9.36. The maximum Gasteiger partial charge on any atom is 0.282 e. The van der Waals surface area contributed by atoms with Crippen molar-refractivity contribution in [3.63, 3.8) is 0 Å². The molecule has 1 aliphatic heterocycles. The van der Waals surface area contributed by atoms with Crippen LogP contribution < -0.4 is 0 Å². The highest BCUT2D eigenvalue weighted by atomic mass is 32.2. The average Bonchev–Trinajstić information content (AvgIpc) is 3.02. The molecule has 1 unspecified atom stereocenters. The number of fused-ring (bicyclic) bond motifs is 3. The van der Waals surface area contributed by atoms with Crippen LogP contribution in [0.1, 0.15) is 56.3 Å². The second-order valence-electron chi connectivity index (χ2n) is 7.42. The Morgan fingerprint density at radius 1 is 1.16 bits per heavy atom. The van der Waals surface area contributed by atoms with Crippen molar-refractivity contribution in [2.24, 2.45) is 0 Å². The van der Waals surface area contributed by atoms with Crippen molar-refractivity contribution < 1.29 is 8.42 Å². The number of hydrogen-bond donors (Lipinski definition) is 1. The van der Waals surface area contributed by atoms with E-state index in [0.29, 0.717) is 6.54 Å². The maximum atomic E-state index is 13.3. The predicted molar refractivity (Wildman–Crippen MR) is 101 cm³/mol. The summed E-state index contributed by atoms with van der Waals surface area (Å²) >= 11 is 0. The van der Waals surface area contributed by atoms with E-state index in [1.807, 2.05) is 19.1 Å². The van der Waals surface area contributed by atoms with Crippen LogP contribution >= 0.6 is 0 Å². The fourth-order valence-electron chi connectivity index (χ4n) is 4.52. The highest BCUT2D eigenvalue weighted by Gasteiger charge is 2.39. The minimum atomic E-state index is -3.44. The molecule has 4 rings (SSSR count). The van der Waals surface area contributed by atoms with Gasteiger partial charge >= 0.3 is 0 Å². The Bertz CT molecular complexity index is 868. The fraction of sp³-hybridized carbons (Fsp3) is 0.579. The summed E-state index contributed by atoms with van der Waals surface area (Å²) in [5.41, 5.74) is 3.42. The molecule has 1 N–H and O–H groups in total. The number of para-hydroxylation sites is 1. The largest absolute Gasteiger partial charge is 0.357 e. The molecule has 5 nitrogen and oxygen atoms in total. The van der Waals surface area contributed by atoms with Gasteiger partial charge < -0.3 is 4.98 Å². The Labute approximate surface area is 150 Å². The van der Waals surface area contributed by atoms with Crippen molar-refractivity contribution in [3.05, 3.63) is 35.5 Å². The number of nitrogens with zero attached hydrogens (tertiary/aromatic N) is 2. The van der Waals surface area contributed by atoms with Crippen LogP contribution in [0.4, 0.5) is 0 Å². The molecule has 0 bridgehead atoms. The number of rotatable bonds is 3. The van der Waals surface area contributed by atoms with Gasteiger partial charge in [0.05, 0.1) is 6.04 Å². The lowest BCUT2D eigenvalue weighted by atomic mass is 9.96. The molecule has 6 heteroatoms. The van der Waals surface area contributed by atoms with Crippen molar-refractivity contribution >= 4 is 21.1 Å². The van der Waals surface area contributed by atoms with Crippen molar-refractivity contribution in [3.8, 4) is 0 Å². The zero-order valence-corrected chi connectivity index (χ0v) is 15.8. The third kappa shape index (κ3) is 2.80. The van der Waals surface area contributed by atoms with Crippen LogP contribution in [0.15, 0.2) is 24.3 Å². The molecule has 2 heterocycles. The molecule has 0 amide bonds. The first-order chi connectivity index (χ1) is 12.0. The van der Waals surface area contributed by atoms with Gasteiger partial charge in [0, 0.05) is 36.2 Å². The molecule has 0 radical (unpaired) electrons. The van der Waals surface area contributed by atoms with Crippen molar-refractivity contribution in [1.82, 2.24) is 13.6 Å². The molecule has 0 spiro atoms. The molecule has 1 fully saturated rings. The van der Waals surface area contributed by atoms with Gasteiger partial charge in [-0.25, -0.2) is 0 Å². The number of aromatic amines is 1. The third-order valence-corrected chi connectivity index (χ3v) is 8.15. The zero-order valence-electron chi connectivity index (χ0n) is 15.0. The average molecular weight is 362 g/mol.